The van der Waals surface area contributed by atoms with Crippen LogP contribution < -0.4 is 31.1 Å². The first-order valence-corrected chi connectivity index (χ1v) is 18.8. The van der Waals surface area contributed by atoms with Gasteiger partial charge >= 0.3 is 5.91 Å². The molecule has 0 bridgehead atoms. The van der Waals surface area contributed by atoms with Crippen LogP contribution in [0.15, 0.2) is 50.2 Å². The van der Waals surface area contributed by atoms with Crippen LogP contribution >= 0.6 is 11.3 Å². The fourth-order valence-electron chi connectivity index (χ4n) is 6.15. The SMILES string of the molecule is CCc1nc(C)oc1C(=O)/N=c1\sc2cc(C(N)=O)cc(OC)c2n1C/C=C/Cn1c(NC(=O)c2oc(C)nc2CC)nc2cc(C(N)=O)cc(OCCCO)c21. The van der Waals surface area contributed by atoms with Crippen molar-refractivity contribution in [3.05, 3.63) is 87.0 Å². The summed E-state index contributed by atoms with van der Waals surface area (Å²) < 4.78 is 26.9. The third kappa shape index (κ3) is 8.33. The number of amides is 4. The van der Waals surface area contributed by atoms with Crippen LogP contribution in [0.3, 0.4) is 0 Å². The number of nitrogens with two attached hydrogens (primary N) is 2. The molecule has 4 aromatic heterocycles. The zero-order chi connectivity index (χ0) is 41.0. The number of anilines is 1. The summed E-state index contributed by atoms with van der Waals surface area (Å²) in [6.45, 7) is 7.26. The number of aromatic nitrogens is 5. The maximum absolute atomic E-state index is 13.6. The summed E-state index contributed by atoms with van der Waals surface area (Å²) in [7, 11) is 1.46. The van der Waals surface area contributed by atoms with Gasteiger partial charge in [-0.3, -0.25) is 24.5 Å². The summed E-state index contributed by atoms with van der Waals surface area (Å²) in [6.07, 6.45) is 4.83. The Balaban J connectivity index is 1.44. The van der Waals surface area contributed by atoms with E-state index in [1.54, 1.807) is 35.1 Å². The molecule has 4 heterocycles. The molecule has 18 nitrogen and oxygen atoms in total. The van der Waals surface area contributed by atoms with Gasteiger partial charge in [0.05, 0.1) is 35.3 Å². The predicted octanol–water partition coefficient (Wildman–Crippen LogP) is 3.99. The summed E-state index contributed by atoms with van der Waals surface area (Å²) in [5, 5.41) is 12.2. The van der Waals surface area contributed by atoms with Gasteiger partial charge in [-0.05, 0) is 37.1 Å². The molecule has 6 aromatic rings. The number of thiazole rings is 1. The van der Waals surface area contributed by atoms with Gasteiger partial charge in [-0.2, -0.15) is 4.99 Å². The first-order chi connectivity index (χ1) is 27.4. The molecular weight excluding hydrogens is 759 g/mol. The van der Waals surface area contributed by atoms with Crippen LogP contribution in [-0.4, -0.2) is 73.1 Å². The van der Waals surface area contributed by atoms with Crippen molar-refractivity contribution in [3.8, 4) is 11.5 Å². The molecule has 0 aliphatic rings. The number of oxazole rings is 2. The molecule has 57 heavy (non-hydrogen) atoms. The number of rotatable bonds is 16. The van der Waals surface area contributed by atoms with Gasteiger partial charge < -0.3 is 44.0 Å². The minimum Gasteiger partial charge on any atom is -0.494 e. The number of methoxy groups -OCH3 is 1. The number of carbonyl (C=O) groups is 4. The minimum absolute atomic E-state index is 0.0314. The second-order valence-electron chi connectivity index (χ2n) is 12.6. The molecule has 19 heteroatoms. The van der Waals surface area contributed by atoms with Crippen LogP contribution in [0.2, 0.25) is 0 Å². The Labute approximate surface area is 328 Å². The van der Waals surface area contributed by atoms with Crippen molar-refractivity contribution in [3.63, 3.8) is 0 Å². The van der Waals surface area contributed by atoms with E-state index >= 15 is 0 Å². The summed E-state index contributed by atoms with van der Waals surface area (Å²) in [4.78, 5) is 69.5. The van der Waals surface area contributed by atoms with Crippen LogP contribution in [0.25, 0.3) is 21.3 Å². The monoisotopic (exact) mass is 799 g/mol. The average Bonchev–Trinajstić information content (AvgIpc) is 3.95. The second-order valence-corrected chi connectivity index (χ2v) is 13.6. The molecule has 0 aliphatic carbocycles. The normalized spacial score (nSPS) is 11.9. The van der Waals surface area contributed by atoms with Gasteiger partial charge in [-0.25, -0.2) is 15.0 Å². The number of allylic oxidation sites excluding steroid dienone is 2. The number of nitrogens with zero attached hydrogens (tertiary/aromatic N) is 6. The molecule has 0 atom stereocenters. The van der Waals surface area contributed by atoms with Crippen LogP contribution in [0.4, 0.5) is 5.95 Å². The van der Waals surface area contributed by atoms with Gasteiger partial charge in [-0.1, -0.05) is 37.3 Å². The van der Waals surface area contributed by atoms with E-state index in [-0.39, 0.29) is 65.4 Å². The molecule has 0 saturated carbocycles. The molecule has 0 aliphatic heterocycles. The topological polar surface area (TPSA) is 258 Å². The number of hydrogen-bond donors (Lipinski definition) is 4. The van der Waals surface area contributed by atoms with Crippen molar-refractivity contribution in [2.24, 2.45) is 16.5 Å². The lowest BCUT2D eigenvalue weighted by molar-refractivity contribution is 0.0965. The average molecular weight is 800 g/mol. The molecule has 6 N–H and O–H groups in total. The van der Waals surface area contributed by atoms with Crippen molar-refractivity contribution in [1.82, 2.24) is 24.1 Å². The van der Waals surface area contributed by atoms with E-state index in [0.717, 1.165) is 11.3 Å². The summed E-state index contributed by atoms with van der Waals surface area (Å²) >= 11 is 1.16. The van der Waals surface area contributed by atoms with Crippen molar-refractivity contribution < 1.29 is 42.6 Å². The van der Waals surface area contributed by atoms with Crippen LogP contribution in [0.5, 0.6) is 11.5 Å². The lowest BCUT2D eigenvalue weighted by Gasteiger charge is -2.12. The number of aliphatic hydroxyl groups is 1. The van der Waals surface area contributed by atoms with Gasteiger partial charge in [0.2, 0.25) is 29.3 Å². The molecule has 2 aromatic carbocycles. The number of nitrogens with one attached hydrogen (secondary N) is 1. The van der Waals surface area contributed by atoms with Gasteiger partial charge in [0.25, 0.3) is 5.91 Å². The van der Waals surface area contributed by atoms with Gasteiger partial charge in [0.1, 0.15) is 22.5 Å². The standard InChI is InChI=1S/C38H41N9O9S/c1-6-23-31(55-19(3)41-23)35(51)44-37-43-25-15-21(33(39)49)17-27(54-14-10-13-48)29(25)46(37)11-8-9-12-47-30-26(53-5)16-22(34(40)50)18-28(30)57-38(47)45-36(52)32-24(7-2)42-20(4)56-32/h8-9,15-18,48H,6-7,10-14H2,1-5H3,(H2,39,49)(H2,40,50)(H,43,44,51)/b9-8+,45-38-. The van der Waals surface area contributed by atoms with Crippen LogP contribution in [0, 0.1) is 13.8 Å². The van der Waals surface area contributed by atoms with Crippen molar-refractivity contribution >= 4 is 62.2 Å². The van der Waals surface area contributed by atoms with Crippen LogP contribution in [-0.2, 0) is 25.9 Å². The molecule has 0 fully saturated rings. The highest BCUT2D eigenvalue weighted by atomic mass is 32.1. The largest absolute Gasteiger partial charge is 0.494 e. The van der Waals surface area contributed by atoms with Crippen molar-refractivity contribution in [2.75, 3.05) is 25.6 Å². The number of benzene rings is 2. The van der Waals surface area contributed by atoms with E-state index in [1.165, 1.54) is 25.3 Å². The maximum Gasteiger partial charge on any atom is 0.317 e. The van der Waals surface area contributed by atoms with Crippen molar-refractivity contribution in [2.45, 2.75) is 60.0 Å². The predicted molar refractivity (Wildman–Crippen MR) is 209 cm³/mol. The summed E-state index contributed by atoms with van der Waals surface area (Å²) in [5.41, 5.74) is 13.9. The number of imidazole rings is 1. The number of primary amides is 2. The van der Waals surface area contributed by atoms with Crippen LogP contribution in [0.1, 0.15) is 85.3 Å². The molecule has 0 unspecified atom stereocenters. The number of aliphatic hydroxyl groups excluding tert-OH is 1. The summed E-state index contributed by atoms with van der Waals surface area (Å²) in [6, 6.07) is 6.10. The van der Waals surface area contributed by atoms with Crippen molar-refractivity contribution in [1.29, 1.82) is 0 Å². The number of fused-ring (bicyclic) bond motifs is 2. The molecule has 4 amide bonds. The Morgan fingerprint density at radius 3 is 2.12 bits per heavy atom. The molecule has 6 rings (SSSR count). The minimum atomic E-state index is -0.712. The van der Waals surface area contributed by atoms with E-state index in [0.29, 0.717) is 69.4 Å². The zero-order valence-corrected chi connectivity index (χ0v) is 32.7. The van der Waals surface area contributed by atoms with Gasteiger partial charge in [0, 0.05) is 51.1 Å². The first-order valence-electron chi connectivity index (χ1n) is 17.9. The third-order valence-electron chi connectivity index (χ3n) is 8.74. The highest BCUT2D eigenvalue weighted by Crippen LogP contribution is 2.33. The third-order valence-corrected chi connectivity index (χ3v) is 9.77. The van der Waals surface area contributed by atoms with E-state index in [9.17, 15) is 24.3 Å². The molecule has 0 saturated heterocycles. The quantitative estimate of drug-likeness (QED) is 0.0801. The second kappa shape index (κ2) is 17.0. The Kier molecular flexibility index (Phi) is 12.0. The van der Waals surface area contributed by atoms with Gasteiger partial charge in [0.15, 0.2) is 16.6 Å². The Hall–Kier alpha value is -6.60. The molecule has 0 spiro atoms. The molecular formula is C38H41N9O9S. The smallest absolute Gasteiger partial charge is 0.317 e. The maximum atomic E-state index is 13.6. The fraction of sp³-hybridized carbons (Fsp3) is 0.316. The fourth-order valence-corrected chi connectivity index (χ4v) is 7.24. The molecule has 298 valence electrons. The van der Waals surface area contributed by atoms with E-state index < -0.39 is 23.6 Å². The van der Waals surface area contributed by atoms with Gasteiger partial charge in [-0.15, -0.1) is 0 Å². The Bertz CT molecular complexity index is 2630. The van der Waals surface area contributed by atoms with E-state index in [2.05, 4.69) is 25.3 Å². The lowest BCUT2D eigenvalue weighted by atomic mass is 10.1. The summed E-state index contributed by atoms with van der Waals surface area (Å²) in [5.74, 6) is -1.16. The number of ether oxygens (including phenoxy) is 2. The highest BCUT2D eigenvalue weighted by Gasteiger charge is 2.24. The van der Waals surface area contributed by atoms with E-state index in [4.69, 9.17) is 29.8 Å². The number of aryl methyl sites for hydroxylation is 4. The first kappa shape index (κ1) is 40.1. The number of carbonyl (C=O) groups excluding carboxylic acids is 4. The van der Waals surface area contributed by atoms with E-state index in [1.807, 2.05) is 19.9 Å². The number of hydrogen-bond acceptors (Lipinski definition) is 13. The Morgan fingerprint density at radius 2 is 1.49 bits per heavy atom. The lowest BCUT2D eigenvalue weighted by Crippen LogP contribution is -2.18. The highest BCUT2D eigenvalue weighted by molar-refractivity contribution is 7.16. The Morgan fingerprint density at radius 1 is 0.877 bits per heavy atom. The zero-order valence-electron chi connectivity index (χ0n) is 31.9. The molecule has 0 radical (unpaired) electrons.